The Balaban J connectivity index is 1.93. The van der Waals surface area contributed by atoms with E-state index in [4.69, 9.17) is 0 Å². The number of aliphatic hydroxyl groups is 1. The normalized spacial score (nSPS) is 23.5. The average molecular weight is 291 g/mol. The fraction of sp³-hybridized carbons (Fsp3) is 0.400. The van der Waals surface area contributed by atoms with E-state index in [1.807, 2.05) is 17.0 Å². The van der Waals surface area contributed by atoms with Crippen molar-refractivity contribution in [3.8, 4) is 0 Å². The molecule has 3 rings (SSSR count). The molecule has 1 aliphatic rings. The van der Waals surface area contributed by atoms with E-state index in [1.165, 1.54) is 20.5 Å². The van der Waals surface area contributed by atoms with Gasteiger partial charge in [-0.1, -0.05) is 18.2 Å². The second kappa shape index (κ2) is 5.16. The van der Waals surface area contributed by atoms with Gasteiger partial charge in [0.1, 0.15) is 6.04 Å². The zero-order chi connectivity index (χ0) is 14.3. The number of benzene rings is 1. The molecule has 2 N–H and O–H groups in total. The number of carboxylic acids is 1. The molecule has 1 aromatic heterocycles. The van der Waals surface area contributed by atoms with Crippen LogP contribution in [-0.2, 0) is 11.3 Å². The molecule has 1 aliphatic heterocycles. The van der Waals surface area contributed by atoms with Crippen LogP contribution in [0.15, 0.2) is 24.3 Å². The summed E-state index contributed by atoms with van der Waals surface area (Å²) in [5.74, 6) is -0.848. The first kappa shape index (κ1) is 13.5. The molecule has 0 saturated carbocycles. The lowest BCUT2D eigenvalue weighted by Gasteiger charge is -2.20. The largest absolute Gasteiger partial charge is 0.480 e. The minimum atomic E-state index is -0.848. The lowest BCUT2D eigenvalue weighted by atomic mass is 10.1. The fourth-order valence-corrected chi connectivity index (χ4v) is 4.01. The van der Waals surface area contributed by atoms with E-state index in [-0.39, 0.29) is 0 Å². The number of hydrogen-bond donors (Lipinski definition) is 2. The first-order valence-electron chi connectivity index (χ1n) is 6.68. The number of carbonyl (C=O) groups is 1. The van der Waals surface area contributed by atoms with Crippen LogP contribution in [-0.4, -0.2) is 39.8 Å². The molecule has 2 aromatic rings. The van der Waals surface area contributed by atoms with Crippen molar-refractivity contribution in [2.45, 2.75) is 32.0 Å². The lowest BCUT2D eigenvalue weighted by molar-refractivity contribution is -0.142. The number of fused-ring (bicyclic) bond motifs is 1. The van der Waals surface area contributed by atoms with Gasteiger partial charge in [0, 0.05) is 29.1 Å². The van der Waals surface area contributed by atoms with Gasteiger partial charge in [0.25, 0.3) is 0 Å². The van der Waals surface area contributed by atoms with Crippen LogP contribution >= 0.6 is 11.3 Å². The van der Waals surface area contributed by atoms with E-state index in [0.29, 0.717) is 19.5 Å². The molecule has 106 valence electrons. The Bertz CT molecular complexity index is 652. The molecule has 20 heavy (non-hydrogen) atoms. The number of carboxylic acid groups (broad SMARTS) is 1. The summed E-state index contributed by atoms with van der Waals surface area (Å²) < 4.78 is 1.23. The number of hydrogen-bond acceptors (Lipinski definition) is 4. The average Bonchev–Trinajstić information content (AvgIpc) is 2.92. The monoisotopic (exact) mass is 291 g/mol. The Labute approximate surface area is 121 Å². The van der Waals surface area contributed by atoms with E-state index in [1.54, 1.807) is 11.3 Å². The summed E-state index contributed by atoms with van der Waals surface area (Å²) in [6, 6.07) is 7.61. The highest BCUT2D eigenvalue weighted by molar-refractivity contribution is 7.19. The Hall–Kier alpha value is -1.43. The van der Waals surface area contributed by atoms with Crippen LogP contribution in [0.3, 0.4) is 0 Å². The molecule has 1 aromatic carbocycles. The van der Waals surface area contributed by atoms with E-state index in [9.17, 15) is 15.0 Å². The maximum absolute atomic E-state index is 11.3. The Morgan fingerprint density at radius 3 is 2.95 bits per heavy atom. The standard InChI is InChI=1S/C15H17NO3S/c1-9-12(11-4-2-3-5-14(11)20-9)8-16-7-10(17)6-13(16)15(18)19/h2-5,10,13,17H,6-8H2,1H3,(H,18,19)/t10-,13+/m1/s1. The van der Waals surface area contributed by atoms with Crippen LogP contribution in [0, 0.1) is 6.92 Å². The molecular formula is C15H17NO3S. The zero-order valence-corrected chi connectivity index (χ0v) is 12.1. The number of aliphatic hydroxyl groups excluding tert-OH is 1. The van der Waals surface area contributed by atoms with Gasteiger partial charge in [-0.15, -0.1) is 11.3 Å². The smallest absolute Gasteiger partial charge is 0.321 e. The van der Waals surface area contributed by atoms with E-state index in [2.05, 4.69) is 19.1 Å². The molecule has 2 atom stereocenters. The molecular weight excluding hydrogens is 274 g/mol. The number of thiophene rings is 1. The third-order valence-electron chi connectivity index (χ3n) is 3.93. The number of β-amino-alcohol motifs (C(OH)–C–C–N with tert-alkyl or cyclic N) is 1. The van der Waals surface area contributed by atoms with Gasteiger partial charge in [-0.2, -0.15) is 0 Å². The zero-order valence-electron chi connectivity index (χ0n) is 11.2. The highest BCUT2D eigenvalue weighted by Crippen LogP contribution is 2.33. The first-order valence-corrected chi connectivity index (χ1v) is 7.50. The van der Waals surface area contributed by atoms with Crippen molar-refractivity contribution < 1.29 is 15.0 Å². The summed E-state index contributed by atoms with van der Waals surface area (Å²) in [6.45, 7) is 3.09. The molecule has 5 heteroatoms. The number of rotatable bonds is 3. The van der Waals surface area contributed by atoms with E-state index < -0.39 is 18.1 Å². The SMILES string of the molecule is Cc1sc2ccccc2c1CN1C[C@H](O)C[C@H]1C(=O)O. The summed E-state index contributed by atoms with van der Waals surface area (Å²) in [4.78, 5) is 14.4. The summed E-state index contributed by atoms with van der Waals surface area (Å²) >= 11 is 1.74. The van der Waals surface area contributed by atoms with Crippen molar-refractivity contribution in [1.29, 1.82) is 0 Å². The molecule has 0 radical (unpaired) electrons. The van der Waals surface area contributed by atoms with Gasteiger partial charge in [-0.3, -0.25) is 9.69 Å². The van der Waals surface area contributed by atoms with Gasteiger partial charge < -0.3 is 10.2 Å². The summed E-state index contributed by atoms with van der Waals surface area (Å²) in [7, 11) is 0. The maximum Gasteiger partial charge on any atom is 0.321 e. The summed E-state index contributed by atoms with van der Waals surface area (Å²) in [5.41, 5.74) is 1.19. The van der Waals surface area contributed by atoms with Gasteiger partial charge in [0.05, 0.1) is 6.10 Å². The Morgan fingerprint density at radius 1 is 1.45 bits per heavy atom. The molecule has 0 unspecified atom stereocenters. The molecule has 0 aliphatic carbocycles. The number of aliphatic carboxylic acids is 1. The maximum atomic E-state index is 11.3. The van der Waals surface area contributed by atoms with Crippen LogP contribution in [0.25, 0.3) is 10.1 Å². The molecule has 1 fully saturated rings. The van der Waals surface area contributed by atoms with E-state index >= 15 is 0 Å². The first-order chi connectivity index (χ1) is 9.56. The van der Waals surface area contributed by atoms with Crippen LogP contribution in [0.1, 0.15) is 16.9 Å². The molecule has 2 heterocycles. The Morgan fingerprint density at radius 2 is 2.20 bits per heavy atom. The predicted octanol–water partition coefficient (Wildman–Crippen LogP) is 2.23. The van der Waals surface area contributed by atoms with Gasteiger partial charge >= 0.3 is 5.97 Å². The van der Waals surface area contributed by atoms with Crippen LogP contribution in [0.2, 0.25) is 0 Å². The Kier molecular flexibility index (Phi) is 3.50. The van der Waals surface area contributed by atoms with Crippen LogP contribution in [0.5, 0.6) is 0 Å². The summed E-state index contributed by atoms with van der Waals surface area (Å²) in [6.07, 6.45) is -0.225. The minimum Gasteiger partial charge on any atom is -0.480 e. The lowest BCUT2D eigenvalue weighted by Crippen LogP contribution is -2.35. The second-order valence-electron chi connectivity index (χ2n) is 5.31. The highest BCUT2D eigenvalue weighted by Gasteiger charge is 2.36. The van der Waals surface area contributed by atoms with Crippen molar-refractivity contribution in [1.82, 2.24) is 4.90 Å². The molecule has 0 spiro atoms. The van der Waals surface area contributed by atoms with Gasteiger partial charge in [-0.25, -0.2) is 0 Å². The third-order valence-corrected chi connectivity index (χ3v) is 5.06. The number of likely N-dealkylation sites (tertiary alicyclic amines) is 1. The topological polar surface area (TPSA) is 60.8 Å². The third kappa shape index (κ3) is 2.32. The summed E-state index contributed by atoms with van der Waals surface area (Å²) in [5, 5.41) is 20.2. The molecule has 4 nitrogen and oxygen atoms in total. The number of aryl methyl sites for hydroxylation is 1. The van der Waals surface area contributed by atoms with Gasteiger partial charge in [0.2, 0.25) is 0 Å². The minimum absolute atomic E-state index is 0.316. The number of nitrogens with zero attached hydrogens (tertiary/aromatic N) is 1. The quantitative estimate of drug-likeness (QED) is 0.910. The van der Waals surface area contributed by atoms with Gasteiger partial charge in [-0.05, 0) is 23.9 Å². The molecule has 1 saturated heterocycles. The fourth-order valence-electron chi connectivity index (χ4n) is 2.93. The van der Waals surface area contributed by atoms with Gasteiger partial charge in [0.15, 0.2) is 0 Å². The van der Waals surface area contributed by atoms with Crippen LogP contribution < -0.4 is 0 Å². The molecule has 0 bridgehead atoms. The van der Waals surface area contributed by atoms with Crippen molar-refractivity contribution in [3.63, 3.8) is 0 Å². The molecule has 0 amide bonds. The van der Waals surface area contributed by atoms with Crippen molar-refractivity contribution >= 4 is 27.4 Å². The second-order valence-corrected chi connectivity index (χ2v) is 6.56. The van der Waals surface area contributed by atoms with Crippen molar-refractivity contribution in [2.75, 3.05) is 6.54 Å². The van der Waals surface area contributed by atoms with Crippen molar-refractivity contribution in [2.24, 2.45) is 0 Å². The van der Waals surface area contributed by atoms with E-state index in [0.717, 1.165) is 0 Å². The van der Waals surface area contributed by atoms with Crippen LogP contribution in [0.4, 0.5) is 0 Å². The predicted molar refractivity (Wildman–Crippen MR) is 79.0 cm³/mol. The highest BCUT2D eigenvalue weighted by atomic mass is 32.1. The van der Waals surface area contributed by atoms with Crippen molar-refractivity contribution in [3.05, 3.63) is 34.7 Å².